The highest BCUT2D eigenvalue weighted by atomic mass is 35.5. The van der Waals surface area contributed by atoms with E-state index in [-0.39, 0.29) is 0 Å². The van der Waals surface area contributed by atoms with Crippen molar-refractivity contribution in [2.45, 2.75) is 39.7 Å². The maximum absolute atomic E-state index is 6.00. The molecule has 1 aromatic heterocycles. The summed E-state index contributed by atoms with van der Waals surface area (Å²) in [6.07, 6.45) is 2.48. The second kappa shape index (κ2) is 3.97. The molecule has 3 nitrogen and oxygen atoms in total. The summed E-state index contributed by atoms with van der Waals surface area (Å²) in [5.41, 5.74) is 0.948. The summed E-state index contributed by atoms with van der Waals surface area (Å²) in [4.78, 5) is 8.49. The fourth-order valence-corrected chi connectivity index (χ4v) is 2.00. The van der Waals surface area contributed by atoms with Crippen LogP contribution in [0.3, 0.4) is 0 Å². The van der Waals surface area contributed by atoms with Gasteiger partial charge in [0.25, 0.3) is 0 Å². The van der Waals surface area contributed by atoms with E-state index in [2.05, 4.69) is 22.2 Å². The summed E-state index contributed by atoms with van der Waals surface area (Å²) >= 11 is 6.00. The van der Waals surface area contributed by atoms with Crippen molar-refractivity contribution in [2.24, 2.45) is 5.92 Å². The normalized spacial score (nSPS) is 24.0. The van der Waals surface area contributed by atoms with Crippen LogP contribution in [0.4, 0.5) is 5.82 Å². The maximum atomic E-state index is 6.00. The van der Waals surface area contributed by atoms with Gasteiger partial charge in [-0.3, -0.25) is 0 Å². The first-order valence-electron chi connectivity index (χ1n) is 5.39. The number of hydrogen-bond donors (Lipinski definition) is 1. The molecule has 1 fully saturated rings. The van der Waals surface area contributed by atoms with Crippen LogP contribution in [0.25, 0.3) is 0 Å². The number of hydrogen-bond acceptors (Lipinski definition) is 3. The van der Waals surface area contributed by atoms with Crippen molar-refractivity contribution in [2.75, 3.05) is 5.32 Å². The van der Waals surface area contributed by atoms with E-state index in [0.29, 0.717) is 11.2 Å². The van der Waals surface area contributed by atoms with Crippen LogP contribution in [0.5, 0.6) is 0 Å². The van der Waals surface area contributed by atoms with Crippen LogP contribution in [0.2, 0.25) is 5.15 Å². The molecule has 0 amide bonds. The summed E-state index contributed by atoms with van der Waals surface area (Å²) in [6.45, 7) is 6.03. The molecule has 0 spiro atoms. The topological polar surface area (TPSA) is 37.8 Å². The molecule has 2 atom stereocenters. The van der Waals surface area contributed by atoms with Gasteiger partial charge in [0.2, 0.25) is 0 Å². The van der Waals surface area contributed by atoms with E-state index in [0.717, 1.165) is 23.1 Å². The van der Waals surface area contributed by atoms with Gasteiger partial charge in [-0.1, -0.05) is 24.9 Å². The van der Waals surface area contributed by atoms with Crippen LogP contribution in [-0.4, -0.2) is 16.0 Å². The predicted octanol–water partition coefficient (Wildman–Crippen LogP) is 2.96. The minimum absolute atomic E-state index is 0.554. The molecule has 2 rings (SSSR count). The lowest BCUT2D eigenvalue weighted by Crippen LogP contribution is -2.09. The SMILES string of the molecule is CCC1CC1Nc1nc(C)nc(Cl)c1C. The summed E-state index contributed by atoms with van der Waals surface area (Å²) in [7, 11) is 0. The number of aromatic nitrogens is 2. The lowest BCUT2D eigenvalue weighted by molar-refractivity contribution is 0.772. The van der Waals surface area contributed by atoms with Crippen molar-refractivity contribution in [1.82, 2.24) is 9.97 Å². The maximum Gasteiger partial charge on any atom is 0.137 e. The minimum Gasteiger partial charge on any atom is -0.367 e. The Kier molecular flexibility index (Phi) is 2.83. The van der Waals surface area contributed by atoms with E-state index in [1.807, 2.05) is 13.8 Å². The van der Waals surface area contributed by atoms with Crippen LogP contribution in [-0.2, 0) is 0 Å². The molecule has 0 radical (unpaired) electrons. The van der Waals surface area contributed by atoms with Gasteiger partial charge in [-0.2, -0.15) is 0 Å². The summed E-state index contributed by atoms with van der Waals surface area (Å²) in [5, 5.41) is 3.99. The predicted molar refractivity (Wildman–Crippen MR) is 62.3 cm³/mol. The first kappa shape index (κ1) is 10.7. The number of rotatable bonds is 3. The fourth-order valence-electron chi connectivity index (χ4n) is 1.79. The second-order valence-corrected chi connectivity index (χ2v) is 4.55. The molecule has 15 heavy (non-hydrogen) atoms. The van der Waals surface area contributed by atoms with E-state index in [9.17, 15) is 0 Å². The van der Waals surface area contributed by atoms with E-state index in [1.54, 1.807) is 0 Å². The minimum atomic E-state index is 0.554. The van der Waals surface area contributed by atoms with Crippen LogP contribution < -0.4 is 5.32 Å². The monoisotopic (exact) mass is 225 g/mol. The van der Waals surface area contributed by atoms with Crippen LogP contribution >= 0.6 is 11.6 Å². The van der Waals surface area contributed by atoms with Gasteiger partial charge in [0, 0.05) is 11.6 Å². The summed E-state index contributed by atoms with van der Waals surface area (Å²) in [5.74, 6) is 2.42. The Morgan fingerprint density at radius 2 is 2.13 bits per heavy atom. The first-order chi connectivity index (χ1) is 7.11. The highest BCUT2D eigenvalue weighted by molar-refractivity contribution is 6.30. The first-order valence-corrected chi connectivity index (χ1v) is 5.77. The highest BCUT2D eigenvalue weighted by Crippen LogP contribution is 2.36. The summed E-state index contributed by atoms with van der Waals surface area (Å²) < 4.78 is 0. The van der Waals surface area contributed by atoms with Crippen molar-refractivity contribution in [3.05, 3.63) is 16.5 Å². The van der Waals surface area contributed by atoms with Gasteiger partial charge in [0.15, 0.2) is 0 Å². The second-order valence-electron chi connectivity index (χ2n) is 4.19. The van der Waals surface area contributed by atoms with Gasteiger partial charge in [-0.25, -0.2) is 9.97 Å². The smallest absolute Gasteiger partial charge is 0.137 e. The van der Waals surface area contributed by atoms with Crippen molar-refractivity contribution >= 4 is 17.4 Å². The zero-order valence-electron chi connectivity index (χ0n) is 9.34. The fraction of sp³-hybridized carbons (Fsp3) is 0.636. The Balaban J connectivity index is 2.14. The van der Waals surface area contributed by atoms with Crippen molar-refractivity contribution in [1.29, 1.82) is 0 Å². The zero-order chi connectivity index (χ0) is 11.0. The standard InChI is InChI=1S/C11H16ClN3/c1-4-8-5-9(8)15-11-6(2)10(12)13-7(3)14-11/h8-9H,4-5H2,1-3H3,(H,13,14,15). The van der Waals surface area contributed by atoms with Gasteiger partial charge in [0.05, 0.1) is 0 Å². The number of nitrogens with zero attached hydrogens (tertiary/aromatic N) is 2. The lowest BCUT2D eigenvalue weighted by atomic mass is 10.3. The Bertz CT molecular complexity index is 378. The van der Waals surface area contributed by atoms with E-state index in [4.69, 9.17) is 11.6 Å². The Labute approximate surface area is 95.3 Å². The number of aryl methyl sites for hydroxylation is 1. The number of nitrogens with one attached hydrogen (secondary N) is 1. The van der Waals surface area contributed by atoms with Crippen molar-refractivity contribution in [3.8, 4) is 0 Å². The van der Waals surface area contributed by atoms with Crippen LogP contribution in [0.1, 0.15) is 31.2 Å². The number of halogens is 1. The molecule has 1 aliphatic rings. The van der Waals surface area contributed by atoms with Gasteiger partial charge in [-0.05, 0) is 26.2 Å². The summed E-state index contributed by atoms with van der Waals surface area (Å²) in [6, 6.07) is 0.582. The molecule has 2 unspecified atom stereocenters. The molecule has 0 aromatic carbocycles. The molecule has 0 bridgehead atoms. The average molecular weight is 226 g/mol. The van der Waals surface area contributed by atoms with Crippen LogP contribution in [0, 0.1) is 19.8 Å². The van der Waals surface area contributed by atoms with Gasteiger partial charge < -0.3 is 5.32 Å². The third kappa shape index (κ3) is 2.23. The highest BCUT2D eigenvalue weighted by Gasteiger charge is 2.35. The molecular formula is C11H16ClN3. The van der Waals surface area contributed by atoms with Gasteiger partial charge >= 0.3 is 0 Å². The third-order valence-electron chi connectivity index (χ3n) is 2.97. The Morgan fingerprint density at radius 1 is 1.40 bits per heavy atom. The quantitative estimate of drug-likeness (QED) is 0.804. The van der Waals surface area contributed by atoms with Gasteiger partial charge in [0.1, 0.15) is 16.8 Å². The molecular weight excluding hydrogens is 210 g/mol. The molecule has 1 saturated carbocycles. The third-order valence-corrected chi connectivity index (χ3v) is 3.34. The van der Waals surface area contributed by atoms with Crippen molar-refractivity contribution < 1.29 is 0 Å². The molecule has 1 aliphatic carbocycles. The molecule has 1 N–H and O–H groups in total. The molecule has 4 heteroatoms. The largest absolute Gasteiger partial charge is 0.367 e. The molecule has 0 aliphatic heterocycles. The lowest BCUT2D eigenvalue weighted by Gasteiger charge is -2.09. The van der Waals surface area contributed by atoms with E-state index in [1.165, 1.54) is 12.8 Å². The van der Waals surface area contributed by atoms with Crippen LogP contribution in [0.15, 0.2) is 0 Å². The number of anilines is 1. The Hall–Kier alpha value is -0.830. The molecule has 1 aromatic rings. The van der Waals surface area contributed by atoms with E-state index < -0.39 is 0 Å². The van der Waals surface area contributed by atoms with Crippen molar-refractivity contribution in [3.63, 3.8) is 0 Å². The Morgan fingerprint density at radius 3 is 2.73 bits per heavy atom. The van der Waals surface area contributed by atoms with E-state index >= 15 is 0 Å². The molecule has 1 heterocycles. The molecule has 82 valence electrons. The zero-order valence-corrected chi connectivity index (χ0v) is 10.1. The average Bonchev–Trinajstić information content (AvgIpc) is 2.92. The van der Waals surface area contributed by atoms with Gasteiger partial charge in [-0.15, -0.1) is 0 Å². The molecule has 0 saturated heterocycles.